The molecular formula is C60H80N8O15. The number of nitrogens with two attached hydrogens (primary N) is 3. The van der Waals surface area contributed by atoms with Crippen molar-refractivity contribution in [1.82, 2.24) is 21.3 Å². The van der Waals surface area contributed by atoms with E-state index in [1.165, 1.54) is 30.3 Å². The van der Waals surface area contributed by atoms with Crippen molar-refractivity contribution in [1.29, 1.82) is 0 Å². The molecule has 5 rings (SSSR count). The van der Waals surface area contributed by atoms with Gasteiger partial charge in [-0.05, 0) is 103 Å². The maximum atomic E-state index is 12.2. The highest BCUT2D eigenvalue weighted by Crippen LogP contribution is 2.22. The van der Waals surface area contributed by atoms with Crippen molar-refractivity contribution in [3.63, 3.8) is 0 Å². The molecular weight excluding hydrogens is 1070 g/mol. The molecule has 5 amide bonds. The molecule has 5 aromatic rings. The molecule has 0 aromatic heterocycles. The molecule has 0 heterocycles. The second-order valence-electron chi connectivity index (χ2n) is 18.7. The SMILES string of the molecule is NCCNC(=O)c1ccccc1O.NCc1ccc(O)c(C(=O)NCCCCCCCC(=O)O)c1.NCc1ccc(O)c(C(=O)Nc2ccc(CC(=O)O)cc2)c1.O=C(O)CCC(=O)NCCCCCCCCNC(=O)c1ccccc1O. The van der Waals surface area contributed by atoms with Gasteiger partial charge in [-0.15, -0.1) is 0 Å². The van der Waals surface area contributed by atoms with Crippen molar-refractivity contribution < 1.29 is 74.1 Å². The number of phenols is 4. The molecule has 0 aliphatic rings. The number of para-hydroxylation sites is 2. The van der Waals surface area contributed by atoms with Crippen LogP contribution in [0.5, 0.6) is 23.0 Å². The van der Waals surface area contributed by atoms with Crippen molar-refractivity contribution in [3.8, 4) is 23.0 Å². The molecule has 0 saturated carbocycles. The van der Waals surface area contributed by atoms with Gasteiger partial charge in [-0.25, -0.2) is 0 Å². The van der Waals surface area contributed by atoms with Crippen LogP contribution in [0.15, 0.2) is 109 Å². The Morgan fingerprint density at radius 2 is 0.747 bits per heavy atom. The summed E-state index contributed by atoms with van der Waals surface area (Å²) in [6, 6.07) is 28.7. The second-order valence-corrected chi connectivity index (χ2v) is 18.7. The number of carboxylic acid groups (broad SMARTS) is 3. The van der Waals surface area contributed by atoms with Crippen LogP contribution in [-0.2, 0) is 38.7 Å². The van der Waals surface area contributed by atoms with E-state index in [4.69, 9.17) is 32.5 Å². The van der Waals surface area contributed by atoms with Gasteiger partial charge in [0.05, 0.1) is 35.1 Å². The molecule has 0 radical (unpaired) electrons. The lowest BCUT2D eigenvalue weighted by Crippen LogP contribution is -2.28. The molecule has 0 atom stereocenters. The van der Waals surface area contributed by atoms with E-state index in [-0.39, 0.29) is 101 Å². The first-order chi connectivity index (χ1) is 39.8. The van der Waals surface area contributed by atoms with Gasteiger partial charge >= 0.3 is 17.9 Å². The van der Waals surface area contributed by atoms with E-state index in [9.17, 15) is 58.8 Å². The number of hydrogen-bond acceptors (Lipinski definition) is 15. The highest BCUT2D eigenvalue weighted by molar-refractivity contribution is 6.06. The molecule has 5 aromatic carbocycles. The average molecular weight is 1150 g/mol. The fourth-order valence-electron chi connectivity index (χ4n) is 7.49. The van der Waals surface area contributed by atoms with E-state index in [0.29, 0.717) is 56.9 Å². The summed E-state index contributed by atoms with van der Waals surface area (Å²) in [4.78, 5) is 89.9. The Hall–Kier alpha value is -9.06. The van der Waals surface area contributed by atoms with E-state index in [2.05, 4.69) is 26.6 Å². The third-order valence-corrected chi connectivity index (χ3v) is 12.0. The molecule has 0 spiro atoms. The maximum Gasteiger partial charge on any atom is 0.307 e. The molecule has 18 N–H and O–H groups in total. The summed E-state index contributed by atoms with van der Waals surface area (Å²) in [5.74, 6) is -4.39. The normalized spacial score (nSPS) is 10.2. The average Bonchev–Trinajstić information content (AvgIpc) is 3.58. The van der Waals surface area contributed by atoms with Gasteiger partial charge in [0.2, 0.25) is 5.91 Å². The second kappa shape index (κ2) is 41.0. The number of hydrogen-bond donors (Lipinski definition) is 15. The minimum atomic E-state index is -0.961. The van der Waals surface area contributed by atoms with Crippen molar-refractivity contribution in [2.75, 3.05) is 38.0 Å². The summed E-state index contributed by atoms with van der Waals surface area (Å²) >= 11 is 0. The van der Waals surface area contributed by atoms with Crippen molar-refractivity contribution in [2.45, 2.75) is 109 Å². The van der Waals surface area contributed by atoms with E-state index in [1.807, 2.05) is 0 Å². The monoisotopic (exact) mass is 1150 g/mol. The van der Waals surface area contributed by atoms with Crippen LogP contribution in [0.3, 0.4) is 0 Å². The van der Waals surface area contributed by atoms with Gasteiger partial charge in [0, 0.05) is 64.3 Å². The highest BCUT2D eigenvalue weighted by atomic mass is 16.4. The Balaban J connectivity index is 0.000000386. The molecule has 0 aliphatic carbocycles. The van der Waals surface area contributed by atoms with Gasteiger partial charge in [-0.1, -0.05) is 93.5 Å². The number of nitrogens with one attached hydrogen (secondary N) is 5. The lowest BCUT2D eigenvalue weighted by atomic mass is 10.1. The third-order valence-electron chi connectivity index (χ3n) is 12.0. The summed E-state index contributed by atoms with van der Waals surface area (Å²) in [5.41, 5.74) is 19.9. The zero-order valence-corrected chi connectivity index (χ0v) is 46.6. The molecule has 0 unspecified atom stereocenters. The molecule has 0 bridgehead atoms. The lowest BCUT2D eigenvalue weighted by Gasteiger charge is -2.09. The molecule has 0 aliphatic heterocycles. The molecule has 23 heteroatoms. The molecule has 450 valence electrons. The zero-order valence-electron chi connectivity index (χ0n) is 46.6. The number of phenolic OH excluding ortho intramolecular Hbond substituents is 4. The minimum absolute atomic E-state index is 0.0138. The Morgan fingerprint density at radius 3 is 1.18 bits per heavy atom. The van der Waals surface area contributed by atoms with Gasteiger partial charge in [-0.3, -0.25) is 38.4 Å². The topological polar surface area (TPSA) is 416 Å². The fourth-order valence-corrected chi connectivity index (χ4v) is 7.49. The summed E-state index contributed by atoms with van der Waals surface area (Å²) in [5, 5.41) is 77.5. The first kappa shape index (κ1) is 70.0. The number of benzene rings is 5. The molecule has 23 nitrogen and oxygen atoms in total. The van der Waals surface area contributed by atoms with Crippen LogP contribution in [0, 0.1) is 0 Å². The number of rotatable bonds is 31. The summed E-state index contributed by atoms with van der Waals surface area (Å²) in [7, 11) is 0. The summed E-state index contributed by atoms with van der Waals surface area (Å²) in [6.45, 7) is 3.07. The maximum absolute atomic E-state index is 12.2. The number of amides is 5. The predicted molar refractivity (Wildman–Crippen MR) is 313 cm³/mol. The Bertz CT molecular complexity index is 2830. The van der Waals surface area contributed by atoms with Crippen LogP contribution in [0.1, 0.15) is 148 Å². The first-order valence-electron chi connectivity index (χ1n) is 27.3. The minimum Gasteiger partial charge on any atom is -0.507 e. The van der Waals surface area contributed by atoms with Crippen LogP contribution in [0.25, 0.3) is 0 Å². The van der Waals surface area contributed by atoms with Crippen LogP contribution < -0.4 is 43.8 Å². The largest absolute Gasteiger partial charge is 0.507 e. The van der Waals surface area contributed by atoms with Crippen LogP contribution in [0.4, 0.5) is 5.69 Å². The van der Waals surface area contributed by atoms with Gasteiger partial charge in [0.15, 0.2) is 0 Å². The Morgan fingerprint density at radius 1 is 0.361 bits per heavy atom. The molecule has 0 saturated heterocycles. The van der Waals surface area contributed by atoms with Gasteiger partial charge in [0.1, 0.15) is 23.0 Å². The number of anilines is 1. The van der Waals surface area contributed by atoms with Crippen molar-refractivity contribution >= 4 is 53.1 Å². The number of aliphatic carboxylic acids is 3. The van der Waals surface area contributed by atoms with Gasteiger partial charge < -0.3 is 79.5 Å². The van der Waals surface area contributed by atoms with Crippen molar-refractivity contribution in [3.05, 3.63) is 148 Å². The summed E-state index contributed by atoms with van der Waals surface area (Å²) in [6.07, 6.45) is 10.2. The fraction of sp³-hybridized carbons (Fsp3) is 0.367. The number of aromatic hydroxyl groups is 4. The number of unbranched alkanes of at least 4 members (excludes halogenated alkanes) is 9. The zero-order chi connectivity index (χ0) is 61.4. The highest BCUT2D eigenvalue weighted by Gasteiger charge is 2.15. The number of carbonyl (C=O) groups is 8. The van der Waals surface area contributed by atoms with Crippen LogP contribution >= 0.6 is 0 Å². The van der Waals surface area contributed by atoms with Crippen molar-refractivity contribution in [2.24, 2.45) is 17.2 Å². The van der Waals surface area contributed by atoms with Gasteiger partial charge in [0.25, 0.3) is 23.6 Å². The van der Waals surface area contributed by atoms with E-state index >= 15 is 0 Å². The lowest BCUT2D eigenvalue weighted by molar-refractivity contribution is -0.139. The third kappa shape index (κ3) is 30.4. The van der Waals surface area contributed by atoms with Gasteiger partial charge in [-0.2, -0.15) is 0 Å². The Labute approximate surface area is 482 Å². The van der Waals surface area contributed by atoms with E-state index in [1.54, 1.807) is 78.9 Å². The predicted octanol–water partition coefficient (Wildman–Crippen LogP) is 6.26. The molecule has 0 fully saturated rings. The van der Waals surface area contributed by atoms with Crippen LogP contribution in [0.2, 0.25) is 0 Å². The smallest absolute Gasteiger partial charge is 0.307 e. The van der Waals surface area contributed by atoms with E-state index < -0.39 is 23.8 Å². The number of carbonyl (C=O) groups excluding carboxylic acids is 5. The quantitative estimate of drug-likeness (QED) is 0.0218. The van der Waals surface area contributed by atoms with Crippen LogP contribution in [-0.4, -0.2) is 116 Å². The Kier molecular flexibility index (Phi) is 34.6. The number of carboxylic acids is 3. The molecule has 83 heavy (non-hydrogen) atoms. The first-order valence-corrected chi connectivity index (χ1v) is 27.3. The standard InChI is InChI=1S/C19H28N2O5.C16H16N2O4.C16H24N2O4.C9H12N2O2/c22-16-10-6-5-9-15(16)19(26)21-14-8-4-2-1-3-7-13-20-17(23)11-12-18(24)25;17-9-11-3-6-14(19)13(7-11)16(22)18-12-4-1-10(2-5-12)8-15(20)21;17-11-12-7-8-14(19)13(10-12)16(22)18-9-5-3-1-2-4-6-15(20)21;10-5-6-11-9(13)7-3-1-2-4-8(7)12/h5-6,9-10,22H,1-4,7-8,11-14H2,(H,20,23)(H,21,26)(H,24,25);1-7,19H,8-9,17H2,(H,18,22)(H,20,21);7-8,10,19H,1-6,9,11,17H2,(H,18,22)(H,20,21);1-4,12H,5-6,10H2,(H,11,13). The summed E-state index contributed by atoms with van der Waals surface area (Å²) < 4.78 is 0. The van der Waals surface area contributed by atoms with E-state index in [0.717, 1.165) is 75.3 Å².